The van der Waals surface area contributed by atoms with Gasteiger partial charge in [-0.3, -0.25) is 14.6 Å². The quantitative estimate of drug-likeness (QED) is 0.486. The van der Waals surface area contributed by atoms with Gasteiger partial charge in [-0.2, -0.15) is 10.2 Å². The molecule has 0 aliphatic heterocycles. The number of nitrogens with one attached hydrogen (secondary N) is 1. The molecule has 0 saturated heterocycles. The summed E-state index contributed by atoms with van der Waals surface area (Å²) in [5.41, 5.74) is 4.65. The van der Waals surface area contributed by atoms with E-state index in [-0.39, 0.29) is 11.5 Å². The minimum absolute atomic E-state index is 0.0824. The van der Waals surface area contributed by atoms with E-state index in [0.29, 0.717) is 31.4 Å². The van der Waals surface area contributed by atoms with E-state index in [1.807, 2.05) is 63.2 Å². The second-order valence-corrected chi connectivity index (χ2v) is 7.87. The molecule has 0 unspecified atom stereocenters. The molecule has 0 radical (unpaired) electrons. The van der Waals surface area contributed by atoms with Crippen LogP contribution in [-0.2, 0) is 17.9 Å². The van der Waals surface area contributed by atoms with Crippen molar-refractivity contribution in [3.05, 3.63) is 81.7 Å². The molecule has 164 valence electrons. The fraction of sp³-hybridized carbons (Fsp3) is 0.292. The number of rotatable bonds is 7. The molecule has 4 rings (SSSR count). The van der Waals surface area contributed by atoms with Gasteiger partial charge < -0.3 is 5.32 Å². The number of benzene rings is 1. The molecule has 0 fully saturated rings. The molecule has 4 aromatic rings. The summed E-state index contributed by atoms with van der Waals surface area (Å²) in [7, 11) is 0. The lowest BCUT2D eigenvalue weighted by atomic mass is 10.2. The summed E-state index contributed by atoms with van der Waals surface area (Å²) in [4.78, 5) is 29.4. The van der Waals surface area contributed by atoms with E-state index in [0.717, 1.165) is 33.7 Å². The number of carbonyl (C=O) groups excluding carboxylic acids is 1. The molecule has 0 atom stereocenters. The molecule has 3 aromatic heterocycles. The average Bonchev–Trinajstić information content (AvgIpc) is 3.15. The maximum atomic E-state index is 13.0. The number of fused-ring (bicyclic) bond motifs is 1. The minimum Gasteiger partial charge on any atom is -0.350 e. The summed E-state index contributed by atoms with van der Waals surface area (Å²) in [5.74, 6) is -0.0824. The normalized spacial score (nSPS) is 11.1. The van der Waals surface area contributed by atoms with Crippen molar-refractivity contribution in [2.24, 2.45) is 0 Å². The Labute approximate surface area is 185 Å². The van der Waals surface area contributed by atoms with E-state index in [4.69, 9.17) is 0 Å². The van der Waals surface area contributed by atoms with Gasteiger partial charge in [0.2, 0.25) is 5.91 Å². The average molecular weight is 431 g/mol. The minimum atomic E-state index is -0.242. The van der Waals surface area contributed by atoms with Gasteiger partial charge in [0.25, 0.3) is 5.56 Å². The van der Waals surface area contributed by atoms with Crippen molar-refractivity contribution in [1.29, 1.82) is 0 Å². The lowest BCUT2D eigenvalue weighted by molar-refractivity contribution is -0.121. The molecule has 8 heteroatoms. The Hall–Kier alpha value is -3.81. The molecule has 1 N–H and O–H groups in total. The Balaban J connectivity index is 1.47. The summed E-state index contributed by atoms with van der Waals surface area (Å²) in [6.45, 7) is 6.59. The number of hydrogen-bond acceptors (Lipinski definition) is 5. The molecule has 0 bridgehead atoms. The van der Waals surface area contributed by atoms with E-state index >= 15 is 0 Å². The predicted octanol–water partition coefficient (Wildman–Crippen LogP) is 3.00. The van der Waals surface area contributed by atoms with Crippen molar-refractivity contribution in [3.8, 4) is 5.69 Å². The van der Waals surface area contributed by atoms with Crippen LogP contribution in [0.3, 0.4) is 0 Å². The van der Waals surface area contributed by atoms with E-state index in [9.17, 15) is 9.59 Å². The van der Waals surface area contributed by atoms with E-state index in [1.165, 1.54) is 4.68 Å². The van der Waals surface area contributed by atoms with Crippen LogP contribution >= 0.6 is 0 Å². The Morgan fingerprint density at radius 1 is 1.03 bits per heavy atom. The number of nitrogens with zero attached hydrogens (tertiary/aromatic N) is 5. The molecule has 0 aliphatic rings. The third-order valence-corrected chi connectivity index (χ3v) is 5.43. The molecule has 8 nitrogen and oxygen atoms in total. The second-order valence-electron chi connectivity index (χ2n) is 7.87. The van der Waals surface area contributed by atoms with Gasteiger partial charge in [0.15, 0.2) is 5.52 Å². The first-order chi connectivity index (χ1) is 15.4. The molecule has 0 spiro atoms. The summed E-state index contributed by atoms with van der Waals surface area (Å²) in [6, 6.07) is 13.6. The lowest BCUT2D eigenvalue weighted by Crippen LogP contribution is -2.26. The lowest BCUT2D eigenvalue weighted by Gasteiger charge is -2.07. The van der Waals surface area contributed by atoms with Crippen LogP contribution in [0.1, 0.15) is 35.5 Å². The van der Waals surface area contributed by atoms with Gasteiger partial charge in [-0.05, 0) is 51.5 Å². The molecule has 32 heavy (non-hydrogen) atoms. The van der Waals surface area contributed by atoms with Crippen LogP contribution in [0.4, 0.5) is 0 Å². The van der Waals surface area contributed by atoms with Crippen LogP contribution in [0.2, 0.25) is 0 Å². The second kappa shape index (κ2) is 9.13. The third-order valence-electron chi connectivity index (χ3n) is 5.43. The van der Waals surface area contributed by atoms with Gasteiger partial charge in [-0.25, -0.2) is 9.36 Å². The molecule has 0 aliphatic carbocycles. The van der Waals surface area contributed by atoms with Crippen LogP contribution in [0.15, 0.2) is 53.5 Å². The smallest absolute Gasteiger partial charge is 0.295 e. The van der Waals surface area contributed by atoms with E-state index in [2.05, 4.69) is 20.5 Å². The van der Waals surface area contributed by atoms with Gasteiger partial charge in [0.1, 0.15) is 0 Å². The van der Waals surface area contributed by atoms with E-state index in [1.54, 1.807) is 10.9 Å². The number of amides is 1. The fourth-order valence-electron chi connectivity index (χ4n) is 3.74. The van der Waals surface area contributed by atoms with Gasteiger partial charge in [-0.15, -0.1) is 0 Å². The number of pyridine rings is 1. The molecule has 1 aromatic carbocycles. The summed E-state index contributed by atoms with van der Waals surface area (Å²) >= 11 is 0. The number of hydrogen-bond donors (Lipinski definition) is 1. The maximum absolute atomic E-state index is 13.0. The molecule has 0 saturated carbocycles. The number of aryl methyl sites for hydroxylation is 4. The van der Waals surface area contributed by atoms with Crippen LogP contribution in [0, 0.1) is 20.8 Å². The zero-order valence-corrected chi connectivity index (χ0v) is 18.5. The standard InChI is InChI=1S/C24H26N6O2/c1-16-9-11-20(12-10-16)30-18(3)22-17(2)27-29(24(32)23(22)28-30)14-6-8-21(31)26-15-19-7-4-5-13-25-19/h4-5,7,9-13H,6,8,14-15H2,1-3H3,(H,26,31). The molecular formula is C24H26N6O2. The highest BCUT2D eigenvalue weighted by Crippen LogP contribution is 2.21. The van der Waals surface area contributed by atoms with Crippen molar-refractivity contribution < 1.29 is 4.79 Å². The Morgan fingerprint density at radius 2 is 1.81 bits per heavy atom. The zero-order chi connectivity index (χ0) is 22.7. The SMILES string of the molecule is Cc1ccc(-n2nc3c(=O)n(CCCC(=O)NCc4ccccn4)nc(C)c3c2C)cc1. The topological polar surface area (TPSA) is 94.7 Å². The highest BCUT2D eigenvalue weighted by molar-refractivity contribution is 5.83. The third kappa shape index (κ3) is 4.44. The highest BCUT2D eigenvalue weighted by Gasteiger charge is 2.17. The van der Waals surface area contributed by atoms with Gasteiger partial charge in [0, 0.05) is 19.2 Å². The monoisotopic (exact) mass is 430 g/mol. The van der Waals surface area contributed by atoms with Gasteiger partial charge in [-0.1, -0.05) is 23.8 Å². The van der Waals surface area contributed by atoms with Gasteiger partial charge >= 0.3 is 0 Å². The fourth-order valence-corrected chi connectivity index (χ4v) is 3.74. The number of carbonyl (C=O) groups is 1. The van der Waals surface area contributed by atoms with Crippen LogP contribution in [-0.4, -0.2) is 30.5 Å². The van der Waals surface area contributed by atoms with Crippen molar-refractivity contribution in [2.75, 3.05) is 0 Å². The van der Waals surface area contributed by atoms with Gasteiger partial charge in [0.05, 0.1) is 34.7 Å². The van der Waals surface area contributed by atoms with E-state index < -0.39 is 0 Å². The predicted molar refractivity (Wildman–Crippen MR) is 123 cm³/mol. The van der Waals surface area contributed by atoms with Crippen molar-refractivity contribution in [1.82, 2.24) is 29.9 Å². The van der Waals surface area contributed by atoms with Crippen LogP contribution in [0.5, 0.6) is 0 Å². The zero-order valence-electron chi connectivity index (χ0n) is 18.5. The Bertz CT molecular complexity index is 1310. The molecular weight excluding hydrogens is 404 g/mol. The largest absolute Gasteiger partial charge is 0.350 e. The Morgan fingerprint density at radius 3 is 2.53 bits per heavy atom. The first-order valence-corrected chi connectivity index (χ1v) is 10.6. The van der Waals surface area contributed by atoms with Crippen LogP contribution < -0.4 is 10.9 Å². The summed E-state index contributed by atoms with van der Waals surface area (Å²) in [6.07, 6.45) is 2.50. The Kier molecular flexibility index (Phi) is 6.11. The van der Waals surface area contributed by atoms with Crippen LogP contribution in [0.25, 0.3) is 16.6 Å². The first kappa shape index (κ1) is 21.4. The van der Waals surface area contributed by atoms with Crippen molar-refractivity contribution >= 4 is 16.8 Å². The maximum Gasteiger partial charge on any atom is 0.295 e. The number of aromatic nitrogens is 5. The summed E-state index contributed by atoms with van der Waals surface area (Å²) in [5, 5.41) is 12.7. The highest BCUT2D eigenvalue weighted by atomic mass is 16.1. The summed E-state index contributed by atoms with van der Waals surface area (Å²) < 4.78 is 3.20. The van der Waals surface area contributed by atoms with Crippen molar-refractivity contribution in [2.45, 2.75) is 46.7 Å². The van der Waals surface area contributed by atoms with Crippen molar-refractivity contribution in [3.63, 3.8) is 0 Å². The molecule has 1 amide bonds. The molecule has 3 heterocycles. The first-order valence-electron chi connectivity index (χ1n) is 10.6.